The van der Waals surface area contributed by atoms with E-state index in [1.807, 2.05) is 41.0 Å². The zero-order valence-electron chi connectivity index (χ0n) is 13.6. The Bertz CT molecular complexity index is 1090. The number of pyridine rings is 1. The average molecular weight is 328 g/mol. The molecule has 0 spiro atoms. The fourth-order valence-electron chi connectivity index (χ4n) is 3.75. The summed E-state index contributed by atoms with van der Waals surface area (Å²) in [5, 5.41) is 0.674. The van der Waals surface area contributed by atoms with Crippen molar-refractivity contribution < 1.29 is 0 Å². The maximum Gasteiger partial charge on any atom is 0.261 e. The van der Waals surface area contributed by atoms with Crippen LogP contribution in [0.3, 0.4) is 0 Å². The van der Waals surface area contributed by atoms with Crippen LogP contribution in [0.5, 0.6) is 0 Å². The molecule has 0 radical (unpaired) electrons. The smallest absolute Gasteiger partial charge is 0.261 e. The van der Waals surface area contributed by atoms with Gasteiger partial charge in [-0.15, -0.1) is 0 Å². The van der Waals surface area contributed by atoms with Crippen LogP contribution in [0, 0.1) is 11.8 Å². The molecular weight excluding hydrogens is 312 g/mol. The highest BCUT2D eigenvalue weighted by Gasteiger charge is 2.32. The summed E-state index contributed by atoms with van der Waals surface area (Å²) in [4.78, 5) is 24.2. The summed E-state index contributed by atoms with van der Waals surface area (Å²) < 4.78 is 1.91. The minimum Gasteiger partial charge on any atom is -0.294 e. The van der Waals surface area contributed by atoms with Crippen molar-refractivity contribution in [2.24, 2.45) is 0 Å². The van der Waals surface area contributed by atoms with Gasteiger partial charge < -0.3 is 0 Å². The van der Waals surface area contributed by atoms with Crippen LogP contribution in [-0.4, -0.2) is 32.5 Å². The molecule has 4 heterocycles. The van der Waals surface area contributed by atoms with Crippen molar-refractivity contribution in [3.8, 4) is 11.8 Å². The lowest BCUT2D eigenvalue weighted by Gasteiger charge is -2.26. The van der Waals surface area contributed by atoms with Crippen molar-refractivity contribution in [3.63, 3.8) is 0 Å². The van der Waals surface area contributed by atoms with Gasteiger partial charge in [-0.3, -0.25) is 14.3 Å². The highest BCUT2D eigenvalue weighted by Crippen LogP contribution is 2.28. The molecule has 0 aliphatic carbocycles. The first kappa shape index (κ1) is 14.4. The standard InChI is InChI=1S/C20H16N4O/c25-20-17-7-5-14(4-6-15-3-1-2-9-21-15)11-18(17)22-19-13-23-10-8-16(12-23)24(19)20/h1-3,5,7,9,11,16H,8,10,12-13H2. The van der Waals surface area contributed by atoms with Crippen molar-refractivity contribution >= 4 is 10.9 Å². The van der Waals surface area contributed by atoms with E-state index in [9.17, 15) is 4.79 Å². The number of hydrogen-bond donors (Lipinski definition) is 0. The molecular formula is C20H16N4O. The summed E-state index contributed by atoms with van der Waals surface area (Å²) >= 11 is 0. The quantitative estimate of drug-likeness (QED) is 0.592. The summed E-state index contributed by atoms with van der Waals surface area (Å²) in [6, 6.07) is 11.6. The molecule has 5 nitrogen and oxygen atoms in total. The topological polar surface area (TPSA) is 51.0 Å². The normalized spacial score (nSPS) is 20.8. The lowest BCUT2D eigenvalue weighted by Crippen LogP contribution is -2.37. The van der Waals surface area contributed by atoms with E-state index in [2.05, 4.69) is 21.7 Å². The summed E-state index contributed by atoms with van der Waals surface area (Å²) in [5.74, 6) is 7.03. The van der Waals surface area contributed by atoms with Crippen molar-refractivity contribution in [3.05, 3.63) is 70.0 Å². The molecule has 122 valence electrons. The van der Waals surface area contributed by atoms with E-state index in [-0.39, 0.29) is 11.6 Å². The molecule has 0 saturated carbocycles. The molecule has 25 heavy (non-hydrogen) atoms. The fourth-order valence-corrected chi connectivity index (χ4v) is 3.75. The van der Waals surface area contributed by atoms with Gasteiger partial charge in [0.25, 0.3) is 5.56 Å². The molecule has 2 aliphatic rings. The van der Waals surface area contributed by atoms with Crippen molar-refractivity contribution in [1.29, 1.82) is 0 Å². The molecule has 1 fully saturated rings. The Labute approximate surface area is 145 Å². The third kappa shape index (κ3) is 2.43. The summed E-state index contributed by atoms with van der Waals surface area (Å²) in [6.07, 6.45) is 2.76. The van der Waals surface area contributed by atoms with Crippen LogP contribution in [0.1, 0.15) is 29.5 Å². The number of nitrogens with zero attached hydrogens (tertiary/aromatic N) is 4. The molecule has 2 atom stereocenters. The van der Waals surface area contributed by atoms with Gasteiger partial charge in [-0.25, -0.2) is 9.97 Å². The molecule has 2 aromatic heterocycles. The van der Waals surface area contributed by atoms with Crippen LogP contribution in [-0.2, 0) is 6.54 Å². The Kier molecular flexibility index (Phi) is 3.19. The van der Waals surface area contributed by atoms with Gasteiger partial charge in [0.05, 0.1) is 23.5 Å². The molecule has 2 unspecified atom stereocenters. The van der Waals surface area contributed by atoms with E-state index in [1.54, 1.807) is 6.20 Å². The Morgan fingerprint density at radius 1 is 1.16 bits per heavy atom. The maximum absolute atomic E-state index is 12.9. The third-order valence-electron chi connectivity index (χ3n) is 4.95. The first-order chi connectivity index (χ1) is 12.3. The summed E-state index contributed by atoms with van der Waals surface area (Å²) in [7, 11) is 0. The maximum atomic E-state index is 12.9. The van der Waals surface area contributed by atoms with Crippen LogP contribution in [0.4, 0.5) is 0 Å². The molecule has 2 bridgehead atoms. The van der Waals surface area contributed by atoms with Crippen LogP contribution in [0.25, 0.3) is 10.9 Å². The lowest BCUT2D eigenvalue weighted by atomic mass is 10.1. The number of aromatic nitrogens is 3. The molecule has 0 N–H and O–H groups in total. The monoisotopic (exact) mass is 328 g/mol. The minimum atomic E-state index is 0.0794. The van der Waals surface area contributed by atoms with E-state index in [1.165, 1.54) is 0 Å². The number of fused-ring (bicyclic) bond motifs is 5. The van der Waals surface area contributed by atoms with Gasteiger partial charge in [0, 0.05) is 24.8 Å². The predicted molar refractivity (Wildman–Crippen MR) is 95.2 cm³/mol. The average Bonchev–Trinajstić information content (AvgIpc) is 3.02. The van der Waals surface area contributed by atoms with Gasteiger partial charge in [-0.05, 0) is 42.7 Å². The minimum absolute atomic E-state index is 0.0794. The fraction of sp³-hybridized carbons (Fsp3) is 0.250. The second-order valence-electron chi connectivity index (χ2n) is 6.58. The molecule has 1 saturated heterocycles. The second-order valence-corrected chi connectivity index (χ2v) is 6.58. The number of hydrogen-bond acceptors (Lipinski definition) is 4. The van der Waals surface area contributed by atoms with E-state index in [4.69, 9.17) is 4.98 Å². The van der Waals surface area contributed by atoms with Crippen LogP contribution in [0.2, 0.25) is 0 Å². The number of rotatable bonds is 0. The SMILES string of the molecule is O=c1c2ccc(C#Cc3ccccn3)cc2nc2n1C1CCN(C2)C1. The van der Waals surface area contributed by atoms with Gasteiger partial charge >= 0.3 is 0 Å². The zero-order chi connectivity index (χ0) is 16.8. The highest BCUT2D eigenvalue weighted by molar-refractivity contribution is 5.79. The van der Waals surface area contributed by atoms with Crippen molar-refractivity contribution in [1.82, 2.24) is 19.4 Å². The molecule has 2 aliphatic heterocycles. The Balaban J connectivity index is 1.61. The molecule has 1 aromatic carbocycles. The molecule has 0 amide bonds. The van der Waals surface area contributed by atoms with E-state index in [0.29, 0.717) is 5.39 Å². The van der Waals surface area contributed by atoms with Gasteiger partial charge in [-0.2, -0.15) is 0 Å². The van der Waals surface area contributed by atoms with Crippen LogP contribution >= 0.6 is 0 Å². The zero-order valence-corrected chi connectivity index (χ0v) is 13.6. The Hall–Kier alpha value is -2.97. The first-order valence-corrected chi connectivity index (χ1v) is 8.48. The van der Waals surface area contributed by atoms with Gasteiger partial charge in [0.2, 0.25) is 0 Å². The summed E-state index contributed by atoms with van der Waals surface area (Å²) in [5.41, 5.74) is 2.38. The van der Waals surface area contributed by atoms with Crippen molar-refractivity contribution in [2.75, 3.05) is 13.1 Å². The second kappa shape index (κ2) is 5.54. The molecule has 3 aromatic rings. The number of benzene rings is 1. The van der Waals surface area contributed by atoms with Crippen LogP contribution < -0.4 is 5.56 Å². The highest BCUT2D eigenvalue weighted by atomic mass is 16.1. The third-order valence-corrected chi connectivity index (χ3v) is 4.95. The van der Waals surface area contributed by atoms with Gasteiger partial charge in [0.15, 0.2) is 0 Å². The largest absolute Gasteiger partial charge is 0.294 e. The van der Waals surface area contributed by atoms with E-state index >= 15 is 0 Å². The predicted octanol–water partition coefficient (Wildman–Crippen LogP) is 1.95. The van der Waals surface area contributed by atoms with Gasteiger partial charge in [-0.1, -0.05) is 12.0 Å². The van der Waals surface area contributed by atoms with Crippen molar-refractivity contribution in [2.45, 2.75) is 19.0 Å². The Morgan fingerprint density at radius 2 is 2.12 bits per heavy atom. The Morgan fingerprint density at radius 3 is 3.00 bits per heavy atom. The first-order valence-electron chi connectivity index (χ1n) is 8.48. The molecule has 5 rings (SSSR count). The van der Waals surface area contributed by atoms with E-state index < -0.39 is 0 Å². The van der Waals surface area contributed by atoms with Gasteiger partial charge in [0.1, 0.15) is 11.5 Å². The summed E-state index contributed by atoms with van der Waals surface area (Å²) in [6.45, 7) is 2.77. The van der Waals surface area contributed by atoms with E-state index in [0.717, 1.165) is 48.7 Å². The lowest BCUT2D eigenvalue weighted by molar-refractivity contribution is 0.266. The molecule has 5 heteroatoms. The van der Waals surface area contributed by atoms with Crippen LogP contribution in [0.15, 0.2) is 47.4 Å².